The Hall–Kier alpha value is 2.09. The molecule has 25 valence electrons. The molecule has 0 saturated heterocycles. The van der Waals surface area contributed by atoms with Crippen molar-refractivity contribution >= 4 is 0 Å². The van der Waals surface area contributed by atoms with Crippen molar-refractivity contribution in [2.45, 2.75) is 14.9 Å². The van der Waals surface area contributed by atoms with Crippen LogP contribution in [0.3, 0.4) is 0 Å². The van der Waals surface area contributed by atoms with Crippen LogP contribution in [0.5, 0.6) is 0 Å². The van der Waals surface area contributed by atoms with Crippen molar-refractivity contribution in [1.29, 1.82) is 0 Å². The van der Waals surface area contributed by atoms with Gasteiger partial charge >= 0.3 is 0 Å². The van der Waals surface area contributed by atoms with E-state index in [4.69, 9.17) is 0 Å². The Kier molecular flexibility index (Phi) is 176. The molecule has 1 radical (unpaired) electrons. The summed E-state index contributed by atoms with van der Waals surface area (Å²) in [4.78, 5) is 0. The summed E-state index contributed by atoms with van der Waals surface area (Å²) in [7, 11) is 0. The maximum atomic E-state index is 0. The minimum atomic E-state index is 0. The van der Waals surface area contributed by atoms with Crippen LogP contribution in [0.15, 0.2) is 0 Å². The van der Waals surface area contributed by atoms with Gasteiger partial charge in [-0.1, -0.05) is 14.9 Å². The van der Waals surface area contributed by atoms with Crippen molar-refractivity contribution in [3.8, 4) is 0 Å². The Balaban J connectivity index is 0. The zero-order valence-electron chi connectivity index (χ0n) is 0.947. The van der Waals surface area contributed by atoms with Gasteiger partial charge in [-0.2, -0.15) is 0 Å². The first-order chi connectivity index (χ1) is 0. The second kappa shape index (κ2) is 19.5. The van der Waals surface area contributed by atoms with E-state index >= 15 is 0 Å². The summed E-state index contributed by atoms with van der Waals surface area (Å²) in [5.74, 6) is 0. The SMILES string of the molecule is C.C.[Nb].[Nd]. The Morgan fingerprint density at radius 3 is 0.750 bits per heavy atom. The number of hydrogen-bond donors (Lipinski definition) is 0. The molecule has 0 unspecified atom stereocenters. The first-order valence-corrected chi connectivity index (χ1v) is 0. The largest absolute Gasteiger partial charge is 0.0776 e. The summed E-state index contributed by atoms with van der Waals surface area (Å²) in [6, 6.07) is 0. The molecule has 0 amide bonds. The van der Waals surface area contributed by atoms with Crippen molar-refractivity contribution in [1.82, 2.24) is 0 Å². The van der Waals surface area contributed by atoms with Gasteiger partial charge in [0.15, 0.2) is 0 Å². The van der Waals surface area contributed by atoms with E-state index in [-0.39, 0.29) is 78.1 Å². The van der Waals surface area contributed by atoms with Crippen LogP contribution in [0, 0.1) is 40.8 Å². The van der Waals surface area contributed by atoms with Crippen molar-refractivity contribution in [3.05, 3.63) is 0 Å². The first-order valence-electron chi connectivity index (χ1n) is 0. The van der Waals surface area contributed by atoms with Gasteiger partial charge in [0.1, 0.15) is 0 Å². The maximum Gasteiger partial charge on any atom is 0 e. The van der Waals surface area contributed by atoms with Crippen LogP contribution in [0.25, 0.3) is 0 Å². The molecule has 0 aliphatic rings. The fraction of sp³-hybridized carbons (Fsp3) is 1.00. The normalized spacial score (nSPS) is 0. The van der Waals surface area contributed by atoms with Gasteiger partial charge in [-0.05, 0) is 0 Å². The smallest absolute Gasteiger partial charge is 0 e. The third-order valence-corrected chi connectivity index (χ3v) is 0. The summed E-state index contributed by atoms with van der Waals surface area (Å²) < 4.78 is 0. The molecule has 0 aliphatic heterocycles. The predicted octanol–water partition coefficient (Wildman–Crippen LogP) is 1.27. The second-order valence-electron chi connectivity index (χ2n) is 0. The fourth-order valence-electron chi connectivity index (χ4n) is 0. The molecule has 0 nitrogen and oxygen atoms in total. The Bertz CT molecular complexity index is 6.00. The van der Waals surface area contributed by atoms with Crippen molar-refractivity contribution in [2.24, 2.45) is 0 Å². The molecule has 0 spiro atoms. The third kappa shape index (κ3) is 8.94. The van der Waals surface area contributed by atoms with Crippen LogP contribution >= 0.6 is 0 Å². The molecule has 0 saturated carbocycles. The molecule has 0 aromatic rings. The average molecular weight is 269 g/mol. The quantitative estimate of drug-likeness (QED) is 0.581. The second-order valence-corrected chi connectivity index (χ2v) is 0. The maximum absolute atomic E-state index is 0. The first kappa shape index (κ1) is 36.1. The van der Waals surface area contributed by atoms with Gasteiger partial charge in [0.25, 0.3) is 0 Å². The number of hydrogen-bond acceptors (Lipinski definition) is 0. The molecule has 0 aromatic heterocycles. The molecule has 0 bridgehead atoms. The average Bonchev–Trinajstić information content (AvgIpc) is 0. The molecule has 2 heteroatoms. The standard InChI is InChI=1S/2CH4.Nb.Nd/h2*1H4;;. The van der Waals surface area contributed by atoms with Gasteiger partial charge in [0.2, 0.25) is 0 Å². The zero-order valence-corrected chi connectivity index (χ0v) is 6.35. The van der Waals surface area contributed by atoms with E-state index in [1.807, 2.05) is 0 Å². The Labute approximate surface area is 76.8 Å². The van der Waals surface area contributed by atoms with Gasteiger partial charge in [-0.15, -0.1) is 0 Å². The minimum absolute atomic E-state index is 0. The predicted molar refractivity (Wildman–Crippen MR) is 13.5 cm³/mol. The molecule has 0 atom stereocenters. The Morgan fingerprint density at radius 1 is 0.750 bits per heavy atom. The molecule has 0 heterocycles. The van der Waals surface area contributed by atoms with Crippen LogP contribution in [-0.4, -0.2) is 0 Å². The molecule has 4 heavy (non-hydrogen) atoms. The van der Waals surface area contributed by atoms with Crippen LogP contribution in [-0.2, 0) is 22.4 Å². The molecular weight excluding hydrogens is 261 g/mol. The van der Waals surface area contributed by atoms with Gasteiger partial charge < -0.3 is 0 Å². The van der Waals surface area contributed by atoms with Gasteiger partial charge in [0, 0.05) is 63.2 Å². The van der Waals surface area contributed by atoms with Gasteiger partial charge in [0.05, 0.1) is 0 Å². The van der Waals surface area contributed by atoms with Crippen LogP contribution < -0.4 is 0 Å². The summed E-state index contributed by atoms with van der Waals surface area (Å²) in [6.45, 7) is 0. The molecule has 0 rings (SSSR count). The number of rotatable bonds is 0. The molecule has 0 N–H and O–H groups in total. The van der Waals surface area contributed by atoms with Gasteiger partial charge in [-0.3, -0.25) is 0 Å². The van der Waals surface area contributed by atoms with Crippen molar-refractivity contribution in [2.75, 3.05) is 0 Å². The van der Waals surface area contributed by atoms with E-state index in [0.29, 0.717) is 0 Å². The van der Waals surface area contributed by atoms with E-state index < -0.39 is 0 Å². The molecule has 0 fully saturated rings. The monoisotopic (exact) mass is 267 g/mol. The zero-order chi connectivity index (χ0) is 0. The summed E-state index contributed by atoms with van der Waals surface area (Å²) in [5.41, 5.74) is 0. The summed E-state index contributed by atoms with van der Waals surface area (Å²) in [6.07, 6.45) is 0. The van der Waals surface area contributed by atoms with Crippen molar-refractivity contribution < 1.29 is 63.2 Å². The summed E-state index contributed by atoms with van der Waals surface area (Å²) in [5, 5.41) is 0. The molecule has 0 aliphatic carbocycles. The van der Waals surface area contributed by atoms with Gasteiger partial charge in [-0.25, -0.2) is 0 Å². The van der Waals surface area contributed by atoms with E-state index in [9.17, 15) is 0 Å². The molecule has 0 aromatic carbocycles. The minimum Gasteiger partial charge on any atom is -0.0776 e. The van der Waals surface area contributed by atoms with E-state index in [1.54, 1.807) is 0 Å². The van der Waals surface area contributed by atoms with E-state index in [1.165, 1.54) is 0 Å². The van der Waals surface area contributed by atoms with Crippen LogP contribution in [0.1, 0.15) is 14.9 Å². The van der Waals surface area contributed by atoms with E-state index in [0.717, 1.165) is 0 Å². The van der Waals surface area contributed by atoms with Crippen LogP contribution in [0.4, 0.5) is 0 Å². The third-order valence-electron chi connectivity index (χ3n) is 0. The fourth-order valence-corrected chi connectivity index (χ4v) is 0. The Morgan fingerprint density at radius 2 is 0.750 bits per heavy atom. The van der Waals surface area contributed by atoms with E-state index in [2.05, 4.69) is 0 Å². The van der Waals surface area contributed by atoms with Crippen LogP contribution in [0.2, 0.25) is 0 Å². The molecular formula is C2H8NbNd. The summed E-state index contributed by atoms with van der Waals surface area (Å²) >= 11 is 0. The van der Waals surface area contributed by atoms with Crippen molar-refractivity contribution in [3.63, 3.8) is 0 Å². The topological polar surface area (TPSA) is 0 Å².